The van der Waals surface area contributed by atoms with E-state index in [9.17, 15) is 9.59 Å². The molecule has 16 heavy (non-hydrogen) atoms. The molecule has 0 atom stereocenters. The summed E-state index contributed by atoms with van der Waals surface area (Å²) in [6.07, 6.45) is 0. The predicted molar refractivity (Wildman–Crippen MR) is 67.1 cm³/mol. The van der Waals surface area contributed by atoms with E-state index in [4.69, 9.17) is 0 Å². The Morgan fingerprint density at radius 2 is 1.56 bits per heavy atom. The minimum atomic E-state index is -0.334. The lowest BCUT2D eigenvalue weighted by Crippen LogP contribution is -2.43. The van der Waals surface area contributed by atoms with Crippen LogP contribution < -0.4 is 15.8 Å². The first-order valence-electron chi connectivity index (χ1n) is 5.76. The van der Waals surface area contributed by atoms with Gasteiger partial charge in [-0.15, -0.1) is 0 Å². The molecule has 0 aliphatic rings. The Labute approximate surface area is 96.2 Å². The zero-order valence-electron chi connectivity index (χ0n) is 10.5. The Morgan fingerprint density at radius 1 is 1.00 bits per heavy atom. The van der Waals surface area contributed by atoms with E-state index in [2.05, 4.69) is 18.7 Å². The Morgan fingerprint density at radius 3 is 2.00 bits per heavy atom. The zero-order chi connectivity index (χ0) is 12.3. The van der Waals surface area contributed by atoms with Crippen LogP contribution >= 0.6 is 0 Å². The van der Waals surface area contributed by atoms with Crippen LogP contribution in [0.4, 0.5) is 5.69 Å². The van der Waals surface area contributed by atoms with Crippen molar-refractivity contribution in [2.45, 2.75) is 20.8 Å². The van der Waals surface area contributed by atoms with Crippen molar-refractivity contribution in [3.63, 3.8) is 0 Å². The summed E-state index contributed by atoms with van der Waals surface area (Å²) in [5, 5.41) is 0. The number of hydrogen-bond donors (Lipinski definition) is 0. The first-order valence-corrected chi connectivity index (χ1v) is 5.76. The quantitative estimate of drug-likeness (QED) is 0.655. The van der Waals surface area contributed by atoms with E-state index in [0.717, 1.165) is 26.2 Å². The first-order chi connectivity index (χ1) is 7.52. The second-order valence-electron chi connectivity index (χ2n) is 4.08. The van der Waals surface area contributed by atoms with Crippen LogP contribution in [0.3, 0.4) is 0 Å². The molecule has 1 aromatic carbocycles. The summed E-state index contributed by atoms with van der Waals surface area (Å²) in [7, 11) is 1.87. The number of likely N-dealkylation sites (N-methyl/N-ethyl adjacent to an activating group) is 2. The molecule has 0 N–H and O–H groups in total. The number of anilines is 1. The van der Waals surface area contributed by atoms with Crippen molar-refractivity contribution in [2.24, 2.45) is 0 Å². The fraction of sp³-hybridized carbons (Fsp3) is 0.667. The molecule has 0 aromatic heterocycles. The predicted octanol–water partition coefficient (Wildman–Crippen LogP) is 0.369. The van der Waals surface area contributed by atoms with Gasteiger partial charge in [-0.25, -0.2) is 0 Å². The van der Waals surface area contributed by atoms with Gasteiger partial charge < -0.3 is 9.80 Å². The van der Waals surface area contributed by atoms with Crippen LogP contribution in [0.25, 0.3) is 0 Å². The van der Waals surface area contributed by atoms with Crippen molar-refractivity contribution in [2.75, 3.05) is 38.1 Å². The van der Waals surface area contributed by atoms with E-state index < -0.39 is 0 Å². The summed E-state index contributed by atoms with van der Waals surface area (Å²) >= 11 is 0. The average Bonchev–Trinajstić information content (AvgIpc) is 2.30. The lowest BCUT2D eigenvalue weighted by atomic mass is 10.1. The van der Waals surface area contributed by atoms with Gasteiger partial charge in [-0.05, 0) is 20.0 Å². The third kappa shape index (κ3) is 2.32. The normalized spacial score (nSPS) is 11.3. The molecule has 0 aliphatic carbocycles. The second-order valence-corrected chi connectivity index (χ2v) is 4.08. The van der Waals surface area contributed by atoms with E-state index in [-0.39, 0.29) is 10.9 Å². The van der Waals surface area contributed by atoms with E-state index in [1.807, 2.05) is 11.9 Å². The van der Waals surface area contributed by atoms with E-state index in [1.54, 1.807) is 6.92 Å². The maximum Gasteiger partial charge on any atom is 0.249 e. The largest absolute Gasteiger partial charge is 0.370 e. The molecule has 1 aromatic rings. The van der Waals surface area contributed by atoms with Gasteiger partial charge in [0.15, 0.2) is 0 Å². The number of nitrogens with zero attached hydrogens (tertiary/aromatic N) is 2. The van der Waals surface area contributed by atoms with Crippen molar-refractivity contribution in [3.05, 3.63) is 26.0 Å². The van der Waals surface area contributed by atoms with Crippen LogP contribution in [0.5, 0.6) is 0 Å². The molecular formula is C12H20N2O2. The van der Waals surface area contributed by atoms with Crippen molar-refractivity contribution in [1.82, 2.24) is 4.90 Å². The molecule has 0 amide bonds. The molecule has 4 heteroatoms. The fourth-order valence-corrected chi connectivity index (χ4v) is 1.90. The van der Waals surface area contributed by atoms with Gasteiger partial charge >= 0.3 is 0 Å². The van der Waals surface area contributed by atoms with Gasteiger partial charge in [0.05, 0.1) is 5.69 Å². The Balaban J connectivity index is 2.58. The van der Waals surface area contributed by atoms with Gasteiger partial charge in [0.1, 0.15) is 0 Å². The van der Waals surface area contributed by atoms with Gasteiger partial charge in [-0.2, -0.15) is 0 Å². The molecule has 0 bridgehead atoms. The Bertz CT molecular complexity index is 415. The molecule has 0 radical (unpaired) electrons. The minimum absolute atomic E-state index is 0.329. The molecule has 0 unspecified atom stereocenters. The van der Waals surface area contributed by atoms with E-state index in [0.29, 0.717) is 11.3 Å². The van der Waals surface area contributed by atoms with Gasteiger partial charge in [-0.3, -0.25) is 9.59 Å². The van der Waals surface area contributed by atoms with Gasteiger partial charge in [-0.1, -0.05) is 13.8 Å². The topological polar surface area (TPSA) is 40.6 Å². The molecule has 0 saturated heterocycles. The third-order valence-electron chi connectivity index (χ3n) is 3.14. The summed E-state index contributed by atoms with van der Waals surface area (Å²) in [6.45, 7) is 9.67. The highest BCUT2D eigenvalue weighted by molar-refractivity contribution is 5.57. The molecule has 0 aliphatic heterocycles. The highest BCUT2D eigenvalue weighted by atomic mass is 16.2. The van der Waals surface area contributed by atoms with E-state index in [1.165, 1.54) is 0 Å². The molecule has 0 saturated carbocycles. The van der Waals surface area contributed by atoms with Crippen LogP contribution in [0.1, 0.15) is 19.4 Å². The number of rotatable bonds is 6. The number of hydrogen-bond acceptors (Lipinski definition) is 4. The summed E-state index contributed by atoms with van der Waals surface area (Å²) in [5.41, 5.74) is 0.536. The summed E-state index contributed by atoms with van der Waals surface area (Å²) in [5.74, 6) is 0. The Hall–Kier alpha value is -1.16. The van der Waals surface area contributed by atoms with Crippen LogP contribution in [0.15, 0.2) is 9.59 Å². The molecule has 0 heterocycles. The molecule has 4 nitrogen and oxygen atoms in total. The molecular weight excluding hydrogens is 204 g/mol. The van der Waals surface area contributed by atoms with Crippen molar-refractivity contribution in [3.8, 4) is 0 Å². The SMILES string of the molecule is CCN(CC)CCN(C)c1c(C)c(=O)c1=O. The van der Waals surface area contributed by atoms with Crippen LogP contribution in [-0.2, 0) is 0 Å². The third-order valence-corrected chi connectivity index (χ3v) is 3.14. The Kier molecular flexibility index (Phi) is 4.24. The van der Waals surface area contributed by atoms with Gasteiger partial charge in [0, 0.05) is 25.7 Å². The van der Waals surface area contributed by atoms with Crippen LogP contribution in [0, 0.1) is 6.92 Å². The second kappa shape index (κ2) is 5.25. The molecule has 90 valence electrons. The van der Waals surface area contributed by atoms with Crippen molar-refractivity contribution < 1.29 is 0 Å². The van der Waals surface area contributed by atoms with Crippen LogP contribution in [-0.4, -0.2) is 38.1 Å². The monoisotopic (exact) mass is 224 g/mol. The first kappa shape index (κ1) is 12.9. The highest BCUT2D eigenvalue weighted by Crippen LogP contribution is 2.10. The summed E-state index contributed by atoms with van der Waals surface area (Å²) < 4.78 is 0. The van der Waals surface area contributed by atoms with Crippen molar-refractivity contribution in [1.29, 1.82) is 0 Å². The van der Waals surface area contributed by atoms with Crippen LogP contribution in [0.2, 0.25) is 0 Å². The molecule has 0 fully saturated rings. The maximum atomic E-state index is 11.3. The van der Waals surface area contributed by atoms with E-state index >= 15 is 0 Å². The molecule has 1 rings (SSSR count). The lowest BCUT2D eigenvalue weighted by Gasteiger charge is -2.25. The minimum Gasteiger partial charge on any atom is -0.370 e. The smallest absolute Gasteiger partial charge is 0.249 e. The van der Waals surface area contributed by atoms with Gasteiger partial charge in [0.2, 0.25) is 10.9 Å². The standard InChI is InChI=1S/C12H20N2O2/c1-5-14(6-2)8-7-13(4)10-9(3)11(15)12(10)16/h5-8H2,1-4H3. The fourth-order valence-electron chi connectivity index (χ4n) is 1.90. The van der Waals surface area contributed by atoms with Gasteiger partial charge in [0.25, 0.3) is 0 Å². The molecule has 0 spiro atoms. The zero-order valence-corrected chi connectivity index (χ0v) is 10.5. The maximum absolute atomic E-state index is 11.3. The lowest BCUT2D eigenvalue weighted by molar-refractivity contribution is 0.311. The van der Waals surface area contributed by atoms with Crippen molar-refractivity contribution >= 4 is 5.69 Å². The average molecular weight is 224 g/mol. The summed E-state index contributed by atoms with van der Waals surface area (Å²) in [6, 6.07) is 0. The highest BCUT2D eigenvalue weighted by Gasteiger charge is 2.20. The summed E-state index contributed by atoms with van der Waals surface area (Å²) in [4.78, 5) is 26.6.